The monoisotopic (exact) mass is 210 g/mol. The summed E-state index contributed by atoms with van der Waals surface area (Å²) in [6, 6.07) is 0. The van der Waals surface area contributed by atoms with E-state index in [2.05, 4.69) is 52.1 Å². The van der Waals surface area contributed by atoms with Crippen LogP contribution in [0, 0.1) is 0 Å². The van der Waals surface area contributed by atoms with Crippen molar-refractivity contribution < 1.29 is 4.74 Å². The minimum Gasteiger partial charge on any atom is -0.372 e. The van der Waals surface area contributed by atoms with Crippen molar-refractivity contribution in [1.82, 2.24) is 0 Å². The molecule has 0 radical (unpaired) electrons. The van der Waals surface area contributed by atoms with E-state index in [-0.39, 0.29) is 5.60 Å². The lowest BCUT2D eigenvalue weighted by Gasteiger charge is -2.30. The second kappa shape index (κ2) is 4.45. The van der Waals surface area contributed by atoms with Crippen LogP contribution < -0.4 is 0 Å². The first-order chi connectivity index (χ1) is 6.40. The molecule has 1 unspecified atom stereocenters. The highest BCUT2D eigenvalue weighted by molar-refractivity contribution is 6.58. The highest BCUT2D eigenvalue weighted by atomic mass is 28.3. The van der Waals surface area contributed by atoms with Crippen molar-refractivity contribution in [3.05, 3.63) is 23.8 Å². The maximum atomic E-state index is 6.13. The van der Waals surface area contributed by atoms with Gasteiger partial charge in [-0.15, -0.1) is 0 Å². The Balaban J connectivity index is 2.70. The van der Waals surface area contributed by atoms with E-state index in [0.717, 1.165) is 6.42 Å². The van der Waals surface area contributed by atoms with E-state index in [1.807, 2.05) is 0 Å². The van der Waals surface area contributed by atoms with Crippen molar-refractivity contribution in [2.24, 2.45) is 0 Å². The fourth-order valence-electron chi connectivity index (χ4n) is 1.66. The van der Waals surface area contributed by atoms with Crippen molar-refractivity contribution in [3.8, 4) is 0 Å². The first-order valence-corrected chi connectivity index (χ1v) is 8.42. The Hall–Kier alpha value is -0.343. The Bertz CT molecular complexity index is 246. The number of allylic oxidation sites excluding steroid dienone is 2. The molecule has 0 amide bonds. The summed E-state index contributed by atoms with van der Waals surface area (Å²) in [5.74, 6) is 0. The smallest absolute Gasteiger partial charge is 0.0713 e. The van der Waals surface area contributed by atoms with Crippen LogP contribution in [0.25, 0.3) is 0 Å². The van der Waals surface area contributed by atoms with Gasteiger partial charge < -0.3 is 4.74 Å². The zero-order valence-corrected chi connectivity index (χ0v) is 11.2. The SMILES string of the molecule is C[SiH](C)C(OC(C)(C)C)C1=CCC=C1. The zero-order valence-electron chi connectivity index (χ0n) is 10.0. The molecule has 0 aliphatic heterocycles. The molecule has 14 heavy (non-hydrogen) atoms. The van der Waals surface area contributed by atoms with Crippen molar-refractivity contribution in [1.29, 1.82) is 0 Å². The van der Waals surface area contributed by atoms with Gasteiger partial charge in [-0.1, -0.05) is 31.3 Å². The minimum absolute atomic E-state index is 0.0286. The topological polar surface area (TPSA) is 9.23 Å². The third-order valence-electron chi connectivity index (χ3n) is 2.21. The van der Waals surface area contributed by atoms with Gasteiger partial charge in [0.05, 0.1) is 20.1 Å². The van der Waals surface area contributed by atoms with Crippen LogP contribution in [-0.2, 0) is 4.74 Å². The fourth-order valence-corrected chi connectivity index (χ4v) is 3.35. The zero-order chi connectivity index (χ0) is 10.8. The third kappa shape index (κ3) is 3.43. The summed E-state index contributed by atoms with van der Waals surface area (Å²) in [7, 11) is -0.780. The van der Waals surface area contributed by atoms with Gasteiger partial charge in [0.1, 0.15) is 0 Å². The number of hydrogen-bond acceptors (Lipinski definition) is 1. The van der Waals surface area contributed by atoms with Crippen LogP contribution in [0.3, 0.4) is 0 Å². The summed E-state index contributed by atoms with van der Waals surface area (Å²) in [4.78, 5) is 0. The molecule has 0 spiro atoms. The summed E-state index contributed by atoms with van der Waals surface area (Å²) in [6.07, 6.45) is 7.82. The average Bonchev–Trinajstić information content (AvgIpc) is 2.49. The summed E-state index contributed by atoms with van der Waals surface area (Å²) in [5, 5.41) is 0. The molecule has 1 rings (SSSR count). The van der Waals surface area contributed by atoms with Gasteiger partial charge in [0.2, 0.25) is 0 Å². The van der Waals surface area contributed by atoms with Crippen LogP contribution >= 0.6 is 0 Å². The molecule has 2 heteroatoms. The van der Waals surface area contributed by atoms with E-state index >= 15 is 0 Å². The third-order valence-corrected chi connectivity index (χ3v) is 3.95. The van der Waals surface area contributed by atoms with Crippen LogP contribution in [0.4, 0.5) is 0 Å². The molecule has 1 nitrogen and oxygen atoms in total. The van der Waals surface area contributed by atoms with Gasteiger partial charge in [-0.3, -0.25) is 0 Å². The van der Waals surface area contributed by atoms with Crippen LogP contribution in [0.5, 0.6) is 0 Å². The van der Waals surface area contributed by atoms with Gasteiger partial charge in [0.15, 0.2) is 0 Å². The lowest BCUT2D eigenvalue weighted by molar-refractivity contribution is -0.0101. The van der Waals surface area contributed by atoms with Gasteiger partial charge in [-0.2, -0.15) is 0 Å². The summed E-state index contributed by atoms with van der Waals surface area (Å²) in [5.41, 5.74) is 1.76. The molecule has 0 bridgehead atoms. The van der Waals surface area contributed by atoms with Crippen LogP contribution in [0.1, 0.15) is 27.2 Å². The molecule has 0 fully saturated rings. The van der Waals surface area contributed by atoms with E-state index in [0.29, 0.717) is 5.73 Å². The maximum absolute atomic E-state index is 6.13. The van der Waals surface area contributed by atoms with Gasteiger partial charge in [0, 0.05) is 0 Å². The van der Waals surface area contributed by atoms with E-state index in [1.165, 1.54) is 5.57 Å². The first-order valence-electron chi connectivity index (χ1n) is 5.44. The summed E-state index contributed by atoms with van der Waals surface area (Å²) >= 11 is 0. The van der Waals surface area contributed by atoms with E-state index in [9.17, 15) is 0 Å². The fraction of sp³-hybridized carbons (Fsp3) is 0.667. The molecular weight excluding hydrogens is 188 g/mol. The highest BCUT2D eigenvalue weighted by Crippen LogP contribution is 2.23. The molecule has 1 aliphatic carbocycles. The second-order valence-electron chi connectivity index (χ2n) is 5.24. The van der Waals surface area contributed by atoms with E-state index in [4.69, 9.17) is 4.74 Å². The highest BCUT2D eigenvalue weighted by Gasteiger charge is 2.25. The van der Waals surface area contributed by atoms with Crippen LogP contribution in [-0.4, -0.2) is 20.1 Å². The minimum atomic E-state index is -0.780. The van der Waals surface area contributed by atoms with Crippen molar-refractivity contribution >= 4 is 8.80 Å². The predicted molar refractivity (Wildman–Crippen MR) is 65.3 cm³/mol. The number of ether oxygens (including phenoxy) is 1. The van der Waals surface area contributed by atoms with E-state index in [1.54, 1.807) is 0 Å². The van der Waals surface area contributed by atoms with Crippen molar-refractivity contribution in [2.45, 2.75) is 51.6 Å². The van der Waals surface area contributed by atoms with E-state index < -0.39 is 8.80 Å². The maximum Gasteiger partial charge on any atom is 0.0713 e. The Morgan fingerprint density at radius 2 is 2.00 bits per heavy atom. The van der Waals surface area contributed by atoms with Gasteiger partial charge in [0.25, 0.3) is 0 Å². The molecule has 1 aliphatic rings. The Morgan fingerprint density at radius 1 is 1.36 bits per heavy atom. The molecule has 80 valence electrons. The average molecular weight is 210 g/mol. The molecule has 0 saturated heterocycles. The van der Waals surface area contributed by atoms with Gasteiger partial charge in [-0.25, -0.2) is 0 Å². The Labute approximate surface area is 89.5 Å². The molecule has 0 saturated carbocycles. The van der Waals surface area contributed by atoms with Crippen molar-refractivity contribution in [3.63, 3.8) is 0 Å². The Morgan fingerprint density at radius 3 is 2.36 bits per heavy atom. The molecule has 0 aromatic carbocycles. The standard InChI is InChI=1S/C12H22OSi/c1-12(2,3)13-11(14(4)5)10-8-6-7-9-10/h6,8-9,11,14H,7H2,1-5H3. The lowest BCUT2D eigenvalue weighted by Crippen LogP contribution is -2.36. The largest absolute Gasteiger partial charge is 0.372 e. The second-order valence-corrected chi connectivity index (χ2v) is 8.33. The number of rotatable bonds is 3. The predicted octanol–water partition coefficient (Wildman–Crippen LogP) is 3.08. The Kier molecular flexibility index (Phi) is 3.73. The molecule has 0 N–H and O–H groups in total. The molecular formula is C12H22OSi. The first kappa shape index (κ1) is 11.7. The summed E-state index contributed by atoms with van der Waals surface area (Å²) in [6.45, 7) is 11.1. The molecule has 0 aromatic heterocycles. The molecule has 0 heterocycles. The molecule has 0 aromatic rings. The van der Waals surface area contributed by atoms with Crippen LogP contribution in [0.2, 0.25) is 13.1 Å². The van der Waals surface area contributed by atoms with Crippen molar-refractivity contribution in [2.75, 3.05) is 0 Å². The van der Waals surface area contributed by atoms with Crippen LogP contribution in [0.15, 0.2) is 23.8 Å². The number of hydrogen-bond donors (Lipinski definition) is 0. The summed E-state index contributed by atoms with van der Waals surface area (Å²) < 4.78 is 6.13. The van der Waals surface area contributed by atoms with Gasteiger partial charge >= 0.3 is 0 Å². The molecule has 1 atom stereocenters. The normalized spacial score (nSPS) is 18.9. The lowest BCUT2D eigenvalue weighted by atomic mass is 10.2. The van der Waals surface area contributed by atoms with Gasteiger partial charge in [-0.05, 0) is 32.8 Å². The quantitative estimate of drug-likeness (QED) is 0.651.